The molecule has 458 valence electrons. The molecular weight excluding hydrogens is 1120 g/mol. The van der Waals surface area contributed by atoms with Gasteiger partial charge in [0.05, 0.1) is 17.7 Å². The molecule has 84 heavy (non-hydrogen) atoms. The number of benzene rings is 3. The molecule has 0 radical (unpaired) electrons. The second-order valence-corrected chi connectivity index (χ2v) is 26.5. The summed E-state index contributed by atoms with van der Waals surface area (Å²) in [6.07, 6.45) is -0.317. The molecule has 1 heterocycles. The van der Waals surface area contributed by atoms with Crippen LogP contribution in [0.25, 0.3) is 5.57 Å². The molecule has 0 aromatic heterocycles. The van der Waals surface area contributed by atoms with E-state index in [1.54, 1.807) is 105 Å². The van der Waals surface area contributed by atoms with Crippen molar-refractivity contribution in [3.8, 4) is 5.75 Å². The van der Waals surface area contributed by atoms with Crippen LogP contribution in [0, 0.1) is 5.92 Å². The summed E-state index contributed by atoms with van der Waals surface area (Å²) < 4.78 is 17.1. The molecule has 23 heteroatoms. The Morgan fingerprint density at radius 2 is 1.30 bits per heavy atom. The number of aromatic hydroxyl groups is 1. The van der Waals surface area contributed by atoms with Crippen molar-refractivity contribution < 1.29 is 67.6 Å². The normalized spacial score (nSPS) is 21.4. The van der Waals surface area contributed by atoms with E-state index in [0.717, 1.165) is 38.3 Å². The van der Waals surface area contributed by atoms with Crippen molar-refractivity contribution in [3.63, 3.8) is 0 Å². The van der Waals surface area contributed by atoms with E-state index < -0.39 is 125 Å². The van der Waals surface area contributed by atoms with Crippen molar-refractivity contribution in [3.05, 3.63) is 107 Å². The van der Waals surface area contributed by atoms with Crippen LogP contribution >= 0.6 is 21.6 Å². The first kappa shape index (κ1) is 67.7. The molecule has 1 saturated heterocycles. The van der Waals surface area contributed by atoms with Gasteiger partial charge in [-0.1, -0.05) is 94.4 Å². The van der Waals surface area contributed by atoms with Crippen LogP contribution < -0.4 is 37.2 Å². The maximum Gasteiger partial charge on any atom is 0.408 e. The van der Waals surface area contributed by atoms with Crippen LogP contribution in [0.5, 0.6) is 5.75 Å². The number of ether oxygens (including phenoxy) is 3. The number of carbonyl (C=O) groups excluding carboxylic acids is 8. The highest BCUT2D eigenvalue weighted by Gasteiger charge is 2.38. The summed E-state index contributed by atoms with van der Waals surface area (Å²) in [4.78, 5) is 128. The van der Waals surface area contributed by atoms with Gasteiger partial charge in [0.25, 0.3) is 0 Å². The lowest BCUT2D eigenvalue weighted by molar-refractivity contribution is -0.144. The van der Waals surface area contributed by atoms with E-state index in [2.05, 4.69) is 37.2 Å². The highest BCUT2D eigenvalue weighted by atomic mass is 33.1. The summed E-state index contributed by atoms with van der Waals surface area (Å²) in [6.45, 7) is 17.0. The Hall–Kier alpha value is -7.11. The third-order valence-corrected chi connectivity index (χ3v) is 15.6. The Morgan fingerprint density at radius 1 is 0.679 bits per heavy atom. The number of nitrogens with one attached hydrogen (secondary N) is 7. The second-order valence-electron chi connectivity index (χ2n) is 23.9. The Bertz CT molecular complexity index is 2810. The number of aliphatic carboxylic acids is 1. The van der Waals surface area contributed by atoms with Crippen molar-refractivity contribution in [2.75, 3.05) is 18.1 Å². The fourth-order valence-corrected chi connectivity index (χ4v) is 11.6. The van der Waals surface area contributed by atoms with Crippen LogP contribution in [0.1, 0.15) is 124 Å². The van der Waals surface area contributed by atoms with E-state index in [0.29, 0.717) is 24.0 Å². The predicted molar refractivity (Wildman–Crippen MR) is 322 cm³/mol. The molecular formula is C61H83N7O14S2. The van der Waals surface area contributed by atoms with Crippen LogP contribution in [0.2, 0.25) is 0 Å². The van der Waals surface area contributed by atoms with Gasteiger partial charge in [0.1, 0.15) is 47.2 Å². The number of fused-ring (bicyclic) bond motifs is 1. The molecule has 7 amide bonds. The van der Waals surface area contributed by atoms with Gasteiger partial charge in [-0.15, -0.1) is 0 Å². The first-order chi connectivity index (χ1) is 39.4. The molecule has 0 saturated carbocycles. The Labute approximate surface area is 499 Å². The van der Waals surface area contributed by atoms with Gasteiger partial charge in [0.2, 0.25) is 29.5 Å². The number of rotatable bonds is 17. The van der Waals surface area contributed by atoms with Crippen molar-refractivity contribution in [2.24, 2.45) is 5.92 Å². The van der Waals surface area contributed by atoms with Gasteiger partial charge in [0.15, 0.2) is 5.78 Å². The van der Waals surface area contributed by atoms with Gasteiger partial charge >= 0.3 is 18.2 Å². The molecule has 8 atom stereocenters. The van der Waals surface area contributed by atoms with Crippen molar-refractivity contribution >= 4 is 80.6 Å². The Morgan fingerprint density at radius 3 is 1.95 bits per heavy atom. The van der Waals surface area contributed by atoms with Gasteiger partial charge < -0.3 is 61.6 Å². The average Bonchev–Trinajstić information content (AvgIpc) is 3.99. The maximum absolute atomic E-state index is 15.2. The summed E-state index contributed by atoms with van der Waals surface area (Å²) in [5.41, 5.74) is 1.20. The van der Waals surface area contributed by atoms with E-state index in [1.165, 1.54) is 19.1 Å². The summed E-state index contributed by atoms with van der Waals surface area (Å²) in [6, 6.07) is 13.9. The van der Waals surface area contributed by atoms with Crippen molar-refractivity contribution in [1.29, 1.82) is 0 Å². The average molecular weight is 1200 g/mol. The number of hydrogen-bond donors (Lipinski definition) is 9. The molecule has 0 unspecified atom stereocenters. The smallest absolute Gasteiger partial charge is 0.408 e. The summed E-state index contributed by atoms with van der Waals surface area (Å²) in [5.74, 6) is -7.86. The highest BCUT2D eigenvalue weighted by Crippen LogP contribution is 2.32. The number of ketones is 1. The lowest BCUT2D eigenvalue weighted by Crippen LogP contribution is -2.61. The topological polar surface area (TPSA) is 306 Å². The molecule has 1 fully saturated rings. The third kappa shape index (κ3) is 23.2. The standard InChI is InChI=1S/C61H83N7O14S2/c1-36(80-59(2,3)4)50-55(75)66-48(56(76)77)35-84-83-34-47(65-53(73)45(31-37-18-12-11-13-19-37)67-58(79)82-61(8,9)10)49(70)33-41(30-38-23-27-42(69)28-24-38)51(71)64-46(32-40-26-25-39-20-14-15-21-43(39)40)54(74)63-44(52(72)68-50)22-16-17-29-62-57(78)81-60(5,6)7/h11-15,18-21,23-24,26-28,36,41,44-48,50,69H,16-17,22,25,29-35H2,1-10H3,(H,62,78)(H,63,74)(H,64,71)(H,65,73)(H,66,75)(H,67,79)(H,68,72)(H,76,77)/t36-,41-,44+,45-,46-,47+,48+,50+/m1/s1. The van der Waals surface area contributed by atoms with Crippen LogP contribution in [-0.4, -0.2) is 141 Å². The quantitative estimate of drug-likeness (QED) is 0.0516. The molecule has 1 aliphatic heterocycles. The number of carbonyl (C=O) groups is 9. The van der Waals surface area contributed by atoms with E-state index in [1.807, 2.05) is 30.3 Å². The summed E-state index contributed by atoms with van der Waals surface area (Å²) in [5, 5.41) is 39.9. The number of carboxylic acid groups (broad SMARTS) is 1. The molecule has 0 bridgehead atoms. The van der Waals surface area contributed by atoms with Crippen LogP contribution in [-0.2, 0) is 67.0 Å². The Balaban J connectivity index is 1.60. The fourth-order valence-electron chi connectivity index (χ4n) is 9.29. The number of Topliss-reactive ketones (excluding diaryl/α,β-unsaturated/α-hetero) is 1. The minimum atomic E-state index is -1.57. The van der Waals surface area contributed by atoms with Gasteiger partial charge in [-0.3, -0.25) is 28.8 Å². The second kappa shape index (κ2) is 31.2. The Kier molecular flexibility index (Phi) is 25.1. The van der Waals surface area contributed by atoms with Gasteiger partial charge in [0, 0.05) is 43.2 Å². The number of hydrogen-bond acceptors (Lipinski definition) is 15. The molecule has 0 spiro atoms. The predicted octanol–water partition coefficient (Wildman–Crippen LogP) is 6.48. The van der Waals surface area contributed by atoms with Crippen LogP contribution in [0.3, 0.4) is 0 Å². The summed E-state index contributed by atoms with van der Waals surface area (Å²) >= 11 is 0. The number of allylic oxidation sites excluding steroid dienone is 1. The number of carboxylic acids is 1. The molecule has 3 aromatic carbocycles. The molecule has 1 aliphatic carbocycles. The number of phenols is 1. The third-order valence-electron chi connectivity index (χ3n) is 13.2. The minimum absolute atomic E-state index is 0.0159. The molecule has 9 N–H and O–H groups in total. The van der Waals surface area contributed by atoms with Crippen LogP contribution in [0.4, 0.5) is 9.59 Å². The molecule has 3 aromatic rings. The molecule has 21 nitrogen and oxygen atoms in total. The zero-order valence-electron chi connectivity index (χ0n) is 49.6. The highest BCUT2D eigenvalue weighted by molar-refractivity contribution is 8.76. The van der Waals surface area contributed by atoms with E-state index >= 15 is 14.4 Å². The summed E-state index contributed by atoms with van der Waals surface area (Å²) in [7, 11) is 1.98. The van der Waals surface area contributed by atoms with Crippen molar-refractivity contribution in [2.45, 2.75) is 180 Å². The van der Waals surface area contributed by atoms with E-state index in [4.69, 9.17) is 14.2 Å². The maximum atomic E-state index is 15.2. The molecule has 2 aliphatic rings. The number of alkyl carbamates (subject to hydrolysis) is 2. The number of unbranched alkanes of at least 4 members (excludes halogenated alkanes) is 1. The van der Waals surface area contributed by atoms with Gasteiger partial charge in [-0.05, 0) is 141 Å². The zero-order chi connectivity index (χ0) is 61.9. The van der Waals surface area contributed by atoms with Crippen LogP contribution in [0.15, 0.2) is 84.9 Å². The monoisotopic (exact) mass is 1200 g/mol. The lowest BCUT2D eigenvalue weighted by atomic mass is 9.90. The van der Waals surface area contributed by atoms with E-state index in [-0.39, 0.29) is 55.9 Å². The lowest BCUT2D eigenvalue weighted by Gasteiger charge is -2.32. The first-order valence-corrected chi connectivity index (χ1v) is 30.7. The molecule has 5 rings (SSSR count). The van der Waals surface area contributed by atoms with Crippen molar-refractivity contribution in [1.82, 2.24) is 37.2 Å². The SMILES string of the molecule is C[C@@H](OC(C)(C)C)[C@@H]1NC(=O)[C@H](CCCCNC(=O)OC(C)(C)C)NC(=O)[C@@H](CC2=CCc3ccccc32)NC(=O)[C@H](Cc2ccc(O)cc2)CC(=O)[C@@H](NC(=O)[C@@H](Cc2ccccc2)NC(=O)OC(C)(C)C)CSSC[C@@H](C(=O)O)NC1=O. The number of phenolic OH excluding ortho intramolecular Hbond substituents is 1. The zero-order valence-corrected chi connectivity index (χ0v) is 51.2. The minimum Gasteiger partial charge on any atom is -0.508 e. The first-order valence-electron chi connectivity index (χ1n) is 28.2. The fraction of sp³-hybridized carbons (Fsp3) is 0.525. The van der Waals surface area contributed by atoms with E-state index in [9.17, 15) is 39.0 Å². The number of amides is 7. The van der Waals surface area contributed by atoms with Gasteiger partial charge in [-0.25, -0.2) is 14.4 Å². The largest absolute Gasteiger partial charge is 0.508 e. The van der Waals surface area contributed by atoms with Gasteiger partial charge in [-0.2, -0.15) is 0 Å².